The highest BCUT2D eigenvalue weighted by Crippen LogP contribution is 2.28. The van der Waals surface area contributed by atoms with E-state index in [0.29, 0.717) is 5.56 Å². The molecule has 0 aliphatic carbocycles. The molecule has 8 heteroatoms. The van der Waals surface area contributed by atoms with Gasteiger partial charge in [0, 0.05) is 36.6 Å². The van der Waals surface area contributed by atoms with Crippen LogP contribution < -0.4 is 5.73 Å². The summed E-state index contributed by atoms with van der Waals surface area (Å²) in [7, 11) is -3.85. The average molecular weight is 327 g/mol. The van der Waals surface area contributed by atoms with Crippen molar-refractivity contribution >= 4 is 27.3 Å². The highest BCUT2D eigenvalue weighted by Gasteiger charge is 2.26. The molecule has 112 valence electrons. The van der Waals surface area contributed by atoms with Crippen LogP contribution in [-0.4, -0.2) is 25.8 Å². The van der Waals surface area contributed by atoms with Gasteiger partial charge in [-0.05, 0) is 24.6 Å². The zero-order valence-corrected chi connectivity index (χ0v) is 13.1. The molecule has 0 amide bonds. The van der Waals surface area contributed by atoms with Crippen LogP contribution in [0.4, 0.5) is 5.69 Å². The first-order valence-corrected chi connectivity index (χ1v) is 7.96. The molecular weight excluding hydrogens is 312 g/mol. The van der Waals surface area contributed by atoms with Crippen LogP contribution in [0.1, 0.15) is 18.4 Å². The smallest absolute Gasteiger partial charge is 0.243 e. The number of nitrogens with zero attached hydrogens (tertiary/aromatic N) is 3. The minimum Gasteiger partial charge on any atom is -0.398 e. The minimum atomic E-state index is -3.85. The van der Waals surface area contributed by atoms with Crippen LogP contribution in [0.3, 0.4) is 0 Å². The van der Waals surface area contributed by atoms with Crippen molar-refractivity contribution in [2.45, 2.75) is 24.7 Å². The van der Waals surface area contributed by atoms with Crippen LogP contribution in [0.5, 0.6) is 0 Å². The van der Waals surface area contributed by atoms with E-state index in [9.17, 15) is 8.42 Å². The summed E-state index contributed by atoms with van der Waals surface area (Å²) in [5.41, 5.74) is 6.43. The Morgan fingerprint density at radius 1 is 1.24 bits per heavy atom. The topological polar surface area (TPSA) is 111 Å². The molecule has 0 fully saturated rings. The molecular formula is C13H15ClN4O2S. The fraction of sp³-hybridized carbons (Fsp3) is 0.385. The predicted molar refractivity (Wildman–Crippen MR) is 79.8 cm³/mol. The summed E-state index contributed by atoms with van der Waals surface area (Å²) in [5, 5.41) is 17.5. The molecule has 0 saturated carbocycles. The lowest BCUT2D eigenvalue weighted by Gasteiger charge is -2.21. The molecule has 1 aromatic carbocycles. The third-order valence-electron chi connectivity index (χ3n) is 2.93. The lowest BCUT2D eigenvalue weighted by atomic mass is 10.2. The number of nitrogens with two attached hydrogens (primary N) is 1. The average Bonchev–Trinajstić information content (AvgIpc) is 2.42. The molecule has 0 atom stereocenters. The molecule has 0 aliphatic rings. The molecule has 6 nitrogen and oxygen atoms in total. The second kappa shape index (κ2) is 7.28. The number of rotatable bonds is 6. The predicted octanol–water partition coefficient (Wildman–Crippen LogP) is 2.05. The van der Waals surface area contributed by atoms with E-state index in [4.69, 9.17) is 27.9 Å². The molecule has 0 heterocycles. The summed E-state index contributed by atoms with van der Waals surface area (Å²) in [6.45, 7) is 1.63. The van der Waals surface area contributed by atoms with E-state index >= 15 is 0 Å². The zero-order chi connectivity index (χ0) is 16.0. The Labute approximate surface area is 129 Å². The first kappa shape index (κ1) is 17.3. The summed E-state index contributed by atoms with van der Waals surface area (Å²) in [6, 6.07) is 6.60. The molecule has 1 aromatic rings. The van der Waals surface area contributed by atoms with Gasteiger partial charge in [0.2, 0.25) is 10.0 Å². The van der Waals surface area contributed by atoms with E-state index < -0.39 is 10.0 Å². The van der Waals surface area contributed by atoms with E-state index in [-0.39, 0.29) is 41.5 Å². The number of hydrogen-bond acceptors (Lipinski definition) is 5. The van der Waals surface area contributed by atoms with Gasteiger partial charge in [0.25, 0.3) is 0 Å². The quantitative estimate of drug-likeness (QED) is 0.804. The maximum absolute atomic E-state index is 12.7. The molecule has 0 aliphatic heterocycles. The fourth-order valence-corrected chi connectivity index (χ4v) is 3.80. The van der Waals surface area contributed by atoms with Gasteiger partial charge in [0.05, 0.1) is 17.0 Å². The standard InChI is InChI=1S/C13H15ClN4O2S/c1-10-12(17)8-11(14)9-13(10)21(19,20)18(6-2-4-15)7-3-5-16/h8-9H,2-3,6-7,17H2,1H3. The van der Waals surface area contributed by atoms with Crippen LogP contribution >= 0.6 is 11.6 Å². The maximum atomic E-state index is 12.7. The molecule has 0 saturated heterocycles. The third-order valence-corrected chi connectivity index (χ3v) is 5.17. The van der Waals surface area contributed by atoms with Crippen molar-refractivity contribution in [3.05, 3.63) is 22.7 Å². The number of nitrogen functional groups attached to an aromatic ring is 1. The Hall–Kier alpha value is -1.80. The molecule has 1 rings (SSSR count). The van der Waals surface area contributed by atoms with E-state index in [1.807, 2.05) is 12.1 Å². The van der Waals surface area contributed by atoms with Gasteiger partial charge in [-0.25, -0.2) is 8.42 Å². The minimum absolute atomic E-state index is 0.00313. The van der Waals surface area contributed by atoms with Crippen molar-refractivity contribution in [2.24, 2.45) is 0 Å². The van der Waals surface area contributed by atoms with Gasteiger partial charge in [-0.2, -0.15) is 14.8 Å². The SMILES string of the molecule is Cc1c(N)cc(Cl)cc1S(=O)(=O)N(CCC#N)CCC#N. The first-order valence-electron chi connectivity index (χ1n) is 6.14. The Bertz CT molecular complexity index is 686. The number of halogens is 1. The van der Waals surface area contributed by atoms with Crippen molar-refractivity contribution < 1.29 is 8.42 Å². The third kappa shape index (κ3) is 4.08. The highest BCUT2D eigenvalue weighted by atomic mass is 35.5. The van der Waals surface area contributed by atoms with Crippen molar-refractivity contribution in [2.75, 3.05) is 18.8 Å². The highest BCUT2D eigenvalue weighted by molar-refractivity contribution is 7.89. The van der Waals surface area contributed by atoms with Gasteiger partial charge in [-0.15, -0.1) is 0 Å². The summed E-state index contributed by atoms with van der Waals surface area (Å²) in [5.74, 6) is 0. The molecule has 0 unspecified atom stereocenters. The zero-order valence-electron chi connectivity index (χ0n) is 11.5. The second-order valence-corrected chi connectivity index (χ2v) is 6.68. The summed E-state index contributed by atoms with van der Waals surface area (Å²) in [4.78, 5) is 0.00313. The summed E-state index contributed by atoms with van der Waals surface area (Å²) >= 11 is 5.87. The van der Waals surface area contributed by atoms with E-state index in [1.54, 1.807) is 6.92 Å². The summed E-state index contributed by atoms with van der Waals surface area (Å²) in [6.07, 6.45) is 0.0828. The van der Waals surface area contributed by atoms with Crippen molar-refractivity contribution in [3.63, 3.8) is 0 Å². The van der Waals surface area contributed by atoms with Crippen LogP contribution in [0, 0.1) is 29.6 Å². The Morgan fingerprint density at radius 3 is 2.24 bits per heavy atom. The lowest BCUT2D eigenvalue weighted by molar-refractivity contribution is 0.424. The van der Waals surface area contributed by atoms with Crippen molar-refractivity contribution in [1.29, 1.82) is 10.5 Å². The molecule has 0 bridgehead atoms. The number of nitriles is 2. The van der Waals surface area contributed by atoms with Gasteiger partial charge in [-0.1, -0.05) is 11.6 Å². The number of sulfonamides is 1. The Balaban J connectivity index is 3.29. The number of benzene rings is 1. The molecule has 21 heavy (non-hydrogen) atoms. The van der Waals surface area contributed by atoms with Crippen LogP contribution in [0.15, 0.2) is 17.0 Å². The largest absolute Gasteiger partial charge is 0.398 e. The van der Waals surface area contributed by atoms with Crippen LogP contribution in [0.2, 0.25) is 5.02 Å². The normalized spacial score (nSPS) is 11.1. The monoisotopic (exact) mass is 326 g/mol. The van der Waals surface area contributed by atoms with E-state index in [0.717, 1.165) is 4.31 Å². The van der Waals surface area contributed by atoms with Crippen LogP contribution in [0.25, 0.3) is 0 Å². The first-order chi connectivity index (χ1) is 9.84. The van der Waals surface area contributed by atoms with Crippen LogP contribution in [-0.2, 0) is 10.0 Å². The fourth-order valence-electron chi connectivity index (χ4n) is 1.78. The second-order valence-electron chi connectivity index (χ2n) is 4.34. The summed E-state index contributed by atoms with van der Waals surface area (Å²) < 4.78 is 26.4. The van der Waals surface area contributed by atoms with Crippen molar-refractivity contribution in [1.82, 2.24) is 4.31 Å². The molecule has 0 spiro atoms. The van der Waals surface area contributed by atoms with Gasteiger partial charge in [0.15, 0.2) is 0 Å². The van der Waals surface area contributed by atoms with E-state index in [2.05, 4.69) is 0 Å². The van der Waals surface area contributed by atoms with Gasteiger partial charge in [-0.3, -0.25) is 0 Å². The molecule has 2 N–H and O–H groups in total. The van der Waals surface area contributed by atoms with Gasteiger partial charge in [0.1, 0.15) is 0 Å². The van der Waals surface area contributed by atoms with Crippen molar-refractivity contribution in [3.8, 4) is 12.1 Å². The maximum Gasteiger partial charge on any atom is 0.243 e. The Morgan fingerprint density at radius 2 is 1.76 bits per heavy atom. The Kier molecular flexibility index (Phi) is 5.98. The molecule has 0 radical (unpaired) electrons. The number of hydrogen-bond donors (Lipinski definition) is 1. The lowest BCUT2D eigenvalue weighted by Crippen LogP contribution is -2.33. The molecule has 0 aromatic heterocycles. The van der Waals surface area contributed by atoms with E-state index in [1.165, 1.54) is 12.1 Å². The number of anilines is 1. The van der Waals surface area contributed by atoms with Gasteiger partial charge < -0.3 is 5.73 Å². The van der Waals surface area contributed by atoms with Gasteiger partial charge >= 0.3 is 0 Å².